The van der Waals surface area contributed by atoms with E-state index in [1.165, 1.54) is 56.1 Å². The number of carboxylic acid groups (broad SMARTS) is 1. The van der Waals surface area contributed by atoms with Gasteiger partial charge in [0, 0.05) is 87.9 Å². The van der Waals surface area contributed by atoms with Crippen molar-refractivity contribution in [3.8, 4) is 11.5 Å². The van der Waals surface area contributed by atoms with Gasteiger partial charge < -0.3 is 95.9 Å². The molecule has 33 nitrogen and oxygen atoms in total. The number of carbonyl (C=O) groups is 13. The zero-order valence-electron chi connectivity index (χ0n) is 58.7. The van der Waals surface area contributed by atoms with E-state index < -0.39 is 248 Å². The highest BCUT2D eigenvalue weighted by atomic mass is 32.2. The lowest BCUT2D eigenvalue weighted by Crippen LogP contribution is -2.67. The number of aliphatic hydroxyl groups excluding tert-OH is 3. The number of unbranched alkanes of at least 4 members (excludes halogenated alkanes) is 3. The summed E-state index contributed by atoms with van der Waals surface area (Å²) in [7, 11) is 0.253. The largest absolute Gasteiger partial charge is 0.478 e. The molecule has 17 atom stereocenters. The lowest BCUT2D eigenvalue weighted by atomic mass is 9.79. The number of ether oxygens (including phenoxy) is 6. The van der Waals surface area contributed by atoms with E-state index in [4.69, 9.17) is 34.2 Å². The van der Waals surface area contributed by atoms with Crippen molar-refractivity contribution in [1.29, 1.82) is 0 Å². The Hall–Kier alpha value is -9.12. The predicted molar refractivity (Wildman–Crippen MR) is 361 cm³/mol. The van der Waals surface area contributed by atoms with Gasteiger partial charge in [0.05, 0.1) is 85.1 Å². The molecule has 0 spiro atoms. The molecule has 8 amide bonds. The van der Waals surface area contributed by atoms with Crippen LogP contribution in [0.3, 0.4) is 0 Å². The van der Waals surface area contributed by atoms with Crippen LogP contribution in [0.2, 0.25) is 0 Å². The van der Waals surface area contributed by atoms with Crippen LogP contribution in [0.1, 0.15) is 127 Å². The summed E-state index contributed by atoms with van der Waals surface area (Å²) in [5.41, 5.74) is 3.86. The summed E-state index contributed by atoms with van der Waals surface area (Å²) in [5, 5.41) is 55.9. The van der Waals surface area contributed by atoms with Crippen molar-refractivity contribution in [2.45, 2.75) is 184 Å². The first-order valence-electron chi connectivity index (χ1n) is 34.4. The molecule has 34 heteroatoms. The lowest BCUT2D eigenvalue weighted by Gasteiger charge is -2.42. The third-order valence-corrected chi connectivity index (χ3v) is 21.5. The summed E-state index contributed by atoms with van der Waals surface area (Å²) in [6.45, 7) is 6.31. The van der Waals surface area contributed by atoms with E-state index in [1.807, 2.05) is 0 Å². The van der Waals surface area contributed by atoms with Crippen molar-refractivity contribution in [1.82, 2.24) is 41.4 Å². The summed E-state index contributed by atoms with van der Waals surface area (Å²) in [5.74, 6) is -18.3. The molecule has 7 heterocycles. The Balaban J connectivity index is 1.07. The third-order valence-electron chi connectivity index (χ3n) is 20.1. The first kappa shape index (κ1) is 79.6. The Morgan fingerprint density at radius 3 is 2.27 bits per heavy atom. The molecule has 8 bridgehead atoms. The highest BCUT2D eigenvalue weighted by Gasteiger charge is 2.53. The van der Waals surface area contributed by atoms with Crippen LogP contribution in [0.4, 0.5) is 4.79 Å². The number of primary amides is 1. The Bertz CT molecular complexity index is 3760. The molecule has 9 rings (SSSR count). The van der Waals surface area contributed by atoms with Crippen molar-refractivity contribution >= 4 is 98.6 Å². The van der Waals surface area contributed by atoms with Gasteiger partial charge in [0.25, 0.3) is 5.91 Å². The van der Waals surface area contributed by atoms with E-state index in [0.29, 0.717) is 31.1 Å². The summed E-state index contributed by atoms with van der Waals surface area (Å²) < 4.78 is 50.0. The van der Waals surface area contributed by atoms with Crippen molar-refractivity contribution in [3.63, 3.8) is 0 Å². The van der Waals surface area contributed by atoms with Gasteiger partial charge in [0.15, 0.2) is 17.7 Å². The molecular weight excluding hydrogens is 1370 g/mol. The predicted octanol–water partition coefficient (Wildman–Crippen LogP) is 0.0845. The number of aromatic nitrogens is 1. The minimum atomic E-state index is -2.38. The molecule has 0 radical (unpaired) electrons. The molecule has 3 aromatic rings. The maximum absolute atomic E-state index is 15.6. The molecule has 0 saturated carbocycles. The number of ketones is 2. The van der Waals surface area contributed by atoms with Crippen LogP contribution in [-0.4, -0.2) is 230 Å². The monoisotopic (exact) mass is 1460 g/mol. The number of esters is 2. The second-order valence-electron chi connectivity index (χ2n) is 27.3. The number of aromatic carboxylic acids is 1. The van der Waals surface area contributed by atoms with Gasteiger partial charge in [-0.25, -0.2) is 14.4 Å². The molecule has 3 unspecified atom stereocenters. The van der Waals surface area contributed by atoms with Crippen molar-refractivity contribution in [2.75, 3.05) is 52.7 Å². The van der Waals surface area contributed by atoms with Gasteiger partial charge in [-0.2, -0.15) is 0 Å². The van der Waals surface area contributed by atoms with Crippen molar-refractivity contribution in [2.24, 2.45) is 41.2 Å². The molecule has 6 aliphatic rings. The highest BCUT2D eigenvalue weighted by Crippen LogP contribution is 2.39. The fraction of sp³-hybridized carbons (Fsp3) is 0.609. The number of rotatable bonds is 21. The number of hydrogen-bond donors (Lipinski definition) is 11. The maximum atomic E-state index is 15.6. The number of aliphatic hydroxyl groups is 3. The lowest BCUT2D eigenvalue weighted by molar-refractivity contribution is -0.243. The quantitative estimate of drug-likeness (QED) is 0.0382. The highest BCUT2D eigenvalue weighted by molar-refractivity contribution is 7.85. The Morgan fingerprint density at radius 1 is 0.883 bits per heavy atom. The van der Waals surface area contributed by atoms with Crippen LogP contribution >= 0.6 is 0 Å². The van der Waals surface area contributed by atoms with Gasteiger partial charge in [-0.05, 0) is 67.0 Å². The van der Waals surface area contributed by atoms with Gasteiger partial charge in [0.2, 0.25) is 47.3 Å². The van der Waals surface area contributed by atoms with E-state index in [1.54, 1.807) is 33.8 Å². The molecule has 2 saturated heterocycles. The number of hydrogen-bond acceptors (Lipinski definition) is 23. The molecule has 6 aliphatic heterocycles. The molecule has 12 N–H and O–H groups in total. The topological polar surface area (TPSA) is 484 Å². The normalized spacial score (nSPS) is 28.3. The fourth-order valence-corrected chi connectivity index (χ4v) is 15.3. The molecule has 1 aromatic heterocycles. The number of H-pyrrole nitrogens is 1. The number of amides is 8. The molecule has 2 fully saturated rings. The van der Waals surface area contributed by atoms with Crippen molar-refractivity contribution in [3.05, 3.63) is 53.1 Å². The summed E-state index contributed by atoms with van der Waals surface area (Å²) in [6.07, 6.45) is -9.04. The van der Waals surface area contributed by atoms with Gasteiger partial charge in [-0.15, -0.1) is 0 Å². The number of benzene rings is 2. The third kappa shape index (κ3) is 19.0. The average molecular weight is 1460 g/mol. The van der Waals surface area contributed by atoms with Crippen LogP contribution < -0.4 is 41.8 Å². The van der Waals surface area contributed by atoms with Crippen LogP contribution in [-0.2, 0) is 95.5 Å². The number of methoxy groups -OCH3 is 1. The first-order valence-corrected chi connectivity index (χ1v) is 35.7. The molecule has 2 aromatic carbocycles. The number of Topliss-reactive ketones (excluding diaryl/α,β-unsaturated/α-hetero) is 2. The summed E-state index contributed by atoms with van der Waals surface area (Å²) >= 11 is 0. The number of nitrogens with one attached hydrogen (secondary N) is 6. The minimum Gasteiger partial charge on any atom is -0.478 e. The molecule has 0 aliphatic carbocycles. The molecule has 103 heavy (non-hydrogen) atoms. The summed E-state index contributed by atoms with van der Waals surface area (Å²) in [4.78, 5) is 187. The van der Waals surface area contributed by atoms with Crippen LogP contribution in [0.15, 0.2) is 41.4 Å². The zero-order valence-corrected chi connectivity index (χ0v) is 59.5. The van der Waals surface area contributed by atoms with Gasteiger partial charge in [0.1, 0.15) is 40.8 Å². The number of aromatic amines is 1. The van der Waals surface area contributed by atoms with E-state index in [2.05, 4.69) is 31.6 Å². The molecule has 564 valence electrons. The SMILES string of the molecule is CC[C@H](C)[C@@H]1NC(=O)CNC(=O)[C@H]2CC(=O)[C@H]([C@@H](C)[C@@H](O)CO)NC(=O)[C@@H]3C[C@@H](O)CN3C(=O)[C@H](CC(N)=O)CC(=O)[C@@H]3CS(=O)c4[nH]c5cc(ccc5c4C2)OC1(CCCCCCN(C)C(=O)OCc1ccc(OC2O[C@H](C(=O)OC)[C@@H](OC(C)=O)[C@H](C)[C@H]2C)c(C(=O)O)c1)C(=O)NCC(=O)N3. The number of nitrogens with zero attached hydrogens (tertiary/aromatic N) is 2. The first-order chi connectivity index (χ1) is 48.8. The van der Waals surface area contributed by atoms with E-state index >= 15 is 9.00 Å². The number of carbonyl (C=O) groups excluding carboxylic acids is 12. The van der Waals surface area contributed by atoms with Crippen LogP contribution in [0, 0.1) is 35.5 Å². The standard InChI is InChI=1S/C69H93N9O24S/c1-9-33(2)59-69(18-12-10-11-13-19-77(7)68(95)98-31-38-14-17-52(45(20-38)64(91)92)100-66-35(4)34(3)57(99-37(6)80)58(101-66)65(93)97-8)67(94)72-28-54(86)73-47-32-103(96)62-44(43-16-15-42(102-69)26-46(43)74-62)21-39(60(88)71-27-55(87)75-59)22-50(83)56(36(5)51(84)30-79)76-61(89)48-25-41(81)29-78(48)63(90)40(23-49(47)82)24-53(70)85/h14-17,20,26,33-36,39-41,47-48,51,56-59,66,74,79,81,84H,9-13,18-19,21-25,27-32H2,1-8H3,(H2,70,85)(H,71,88)(H,72,94)(H,73,86)(H,75,87)(H,76,89)(H,91,92)/t33-,34+,35+,36-,39+,40-,41+,47-,48-,51-,56-,57-,58-,59-,66?,69?,103?/m0/s1. The second-order valence-corrected chi connectivity index (χ2v) is 28.8. The van der Waals surface area contributed by atoms with Crippen LogP contribution in [0.5, 0.6) is 11.5 Å². The van der Waals surface area contributed by atoms with Gasteiger partial charge in [-0.3, -0.25) is 52.2 Å². The maximum Gasteiger partial charge on any atom is 0.409 e. The van der Waals surface area contributed by atoms with E-state index in [9.17, 15) is 78.0 Å². The number of nitrogens with two attached hydrogens (primary N) is 1. The smallest absolute Gasteiger partial charge is 0.409 e. The fourth-order valence-electron chi connectivity index (χ4n) is 13.8. The molecular formula is C69H93N9O24S. The number of carboxylic acids is 1. The Kier molecular flexibility index (Phi) is 27.0. The minimum absolute atomic E-state index is 0.0335. The Labute approximate surface area is 595 Å². The zero-order chi connectivity index (χ0) is 75.5. The van der Waals surface area contributed by atoms with Crippen molar-refractivity contribution < 1.29 is 115 Å². The second kappa shape index (κ2) is 34.9. The number of fused-ring (bicyclic) bond motifs is 9. The van der Waals surface area contributed by atoms with Gasteiger partial charge in [-0.1, -0.05) is 59.9 Å². The van der Waals surface area contributed by atoms with E-state index in [-0.39, 0.29) is 64.7 Å². The summed E-state index contributed by atoms with van der Waals surface area (Å²) in [6, 6.07) is 2.37. The Morgan fingerprint density at radius 2 is 1.59 bits per heavy atom. The van der Waals surface area contributed by atoms with E-state index in [0.717, 1.165) is 12.0 Å². The van der Waals surface area contributed by atoms with Gasteiger partial charge >= 0.3 is 24.0 Å². The van der Waals surface area contributed by atoms with Crippen LogP contribution in [0.25, 0.3) is 10.9 Å². The average Bonchev–Trinajstić information content (AvgIpc) is 1.75.